The fourth-order valence-electron chi connectivity index (χ4n) is 2.15. The number of fused-ring (bicyclic) bond motifs is 1. The van der Waals surface area contributed by atoms with E-state index in [0.29, 0.717) is 23.8 Å². The smallest absolute Gasteiger partial charge is 0.258 e. The van der Waals surface area contributed by atoms with Gasteiger partial charge in [0.05, 0.1) is 12.3 Å². The summed E-state index contributed by atoms with van der Waals surface area (Å²) in [6.07, 6.45) is 1.70. The first kappa shape index (κ1) is 17.0. The van der Waals surface area contributed by atoms with Crippen molar-refractivity contribution in [3.05, 3.63) is 75.0 Å². The second kappa shape index (κ2) is 7.81. The molecule has 0 spiro atoms. The molecule has 7 heteroatoms. The number of hydrogen-bond acceptors (Lipinski definition) is 4. The number of benzene rings is 1. The summed E-state index contributed by atoms with van der Waals surface area (Å²) in [5, 5.41) is 0. The topological polar surface area (TPSA) is 43.6 Å². The zero-order chi connectivity index (χ0) is 16.9. The van der Waals surface area contributed by atoms with Gasteiger partial charge in [-0.3, -0.25) is 9.20 Å². The Bertz CT molecular complexity index is 916. The molecular weight excluding hydrogens is 395 g/mol. The first-order valence-electron chi connectivity index (χ1n) is 7.26. The fraction of sp³-hybridized carbons (Fsp3) is 0.176. The molecule has 0 aliphatic rings. The molecule has 0 fully saturated rings. The molecule has 0 aliphatic carbocycles. The summed E-state index contributed by atoms with van der Waals surface area (Å²) >= 11 is 4.92. The van der Waals surface area contributed by atoms with Crippen LogP contribution in [0.15, 0.2) is 57.9 Å². The Labute approximate surface area is 150 Å². The second-order valence-electron chi connectivity index (χ2n) is 4.99. The highest BCUT2D eigenvalue weighted by atomic mass is 79.9. The van der Waals surface area contributed by atoms with E-state index in [1.807, 2.05) is 6.07 Å². The molecule has 3 rings (SSSR count). The predicted molar refractivity (Wildman–Crippen MR) is 97.2 cm³/mol. The first-order valence-corrected chi connectivity index (χ1v) is 9.21. The number of halogens is 2. The molecule has 2 aromatic heterocycles. The number of aromatic nitrogens is 2. The van der Waals surface area contributed by atoms with Crippen LogP contribution in [0.4, 0.5) is 4.39 Å². The van der Waals surface area contributed by atoms with Crippen LogP contribution in [-0.4, -0.2) is 21.7 Å². The predicted octanol–water partition coefficient (Wildman–Crippen LogP) is 3.91. The highest BCUT2D eigenvalue weighted by Gasteiger charge is 2.04. The van der Waals surface area contributed by atoms with Crippen molar-refractivity contribution in [3.63, 3.8) is 0 Å². The van der Waals surface area contributed by atoms with E-state index in [2.05, 4.69) is 20.9 Å². The van der Waals surface area contributed by atoms with E-state index in [-0.39, 0.29) is 17.1 Å². The molecule has 124 valence electrons. The fourth-order valence-corrected chi connectivity index (χ4v) is 3.19. The summed E-state index contributed by atoms with van der Waals surface area (Å²) < 4.78 is 21.1. The molecule has 1 aromatic carbocycles. The average molecular weight is 409 g/mol. The Hall–Kier alpha value is -1.86. The van der Waals surface area contributed by atoms with Crippen molar-refractivity contribution in [2.45, 2.75) is 5.75 Å². The van der Waals surface area contributed by atoms with Crippen molar-refractivity contribution in [1.82, 2.24) is 9.38 Å². The van der Waals surface area contributed by atoms with Gasteiger partial charge in [-0.15, -0.1) is 0 Å². The number of nitrogens with zero attached hydrogens (tertiary/aromatic N) is 2. The van der Waals surface area contributed by atoms with Gasteiger partial charge in [0.25, 0.3) is 5.56 Å². The summed E-state index contributed by atoms with van der Waals surface area (Å²) in [5.41, 5.74) is 1.22. The lowest BCUT2D eigenvalue weighted by Gasteiger charge is -2.07. The average Bonchev–Trinajstić information content (AvgIpc) is 2.57. The van der Waals surface area contributed by atoms with Gasteiger partial charge >= 0.3 is 0 Å². The minimum atomic E-state index is -0.363. The van der Waals surface area contributed by atoms with E-state index in [1.165, 1.54) is 16.5 Å². The SMILES string of the molecule is O=c1cc(CSCCOc2ccccc2F)nc2ccc(Br)cn12. The lowest BCUT2D eigenvalue weighted by Crippen LogP contribution is -2.15. The highest BCUT2D eigenvalue weighted by Crippen LogP contribution is 2.17. The maximum Gasteiger partial charge on any atom is 0.258 e. The third-order valence-corrected chi connectivity index (χ3v) is 4.67. The van der Waals surface area contributed by atoms with Crippen LogP contribution >= 0.6 is 27.7 Å². The monoisotopic (exact) mass is 408 g/mol. The molecular formula is C17H14BrFN2O2S. The maximum absolute atomic E-state index is 13.4. The van der Waals surface area contributed by atoms with E-state index in [1.54, 1.807) is 42.2 Å². The van der Waals surface area contributed by atoms with E-state index >= 15 is 0 Å². The Morgan fingerprint density at radius 3 is 2.92 bits per heavy atom. The van der Waals surface area contributed by atoms with Crippen molar-refractivity contribution < 1.29 is 9.13 Å². The Balaban J connectivity index is 1.55. The van der Waals surface area contributed by atoms with Gasteiger partial charge in [-0.25, -0.2) is 9.37 Å². The number of pyridine rings is 1. The molecule has 3 aromatic rings. The highest BCUT2D eigenvalue weighted by molar-refractivity contribution is 9.10. The van der Waals surface area contributed by atoms with Gasteiger partial charge in [0.1, 0.15) is 5.65 Å². The van der Waals surface area contributed by atoms with Crippen LogP contribution in [0.1, 0.15) is 5.69 Å². The first-order chi connectivity index (χ1) is 11.6. The van der Waals surface area contributed by atoms with Gasteiger partial charge in [-0.1, -0.05) is 12.1 Å². The summed E-state index contributed by atoms with van der Waals surface area (Å²) in [4.78, 5) is 16.6. The van der Waals surface area contributed by atoms with Crippen LogP contribution in [0.25, 0.3) is 5.65 Å². The van der Waals surface area contributed by atoms with Crippen molar-refractivity contribution in [1.29, 1.82) is 0 Å². The molecule has 0 amide bonds. The molecule has 0 saturated carbocycles. The molecule has 0 saturated heterocycles. The standard InChI is InChI=1S/C17H14BrFN2O2S/c18-12-5-6-16-20-13(9-17(22)21(16)10-12)11-24-8-7-23-15-4-2-1-3-14(15)19/h1-6,9-10H,7-8,11H2. The van der Waals surface area contributed by atoms with Crippen LogP contribution in [0.2, 0.25) is 0 Å². The van der Waals surface area contributed by atoms with E-state index in [0.717, 1.165) is 10.2 Å². The molecule has 4 nitrogen and oxygen atoms in total. The van der Waals surface area contributed by atoms with E-state index in [9.17, 15) is 9.18 Å². The van der Waals surface area contributed by atoms with Crippen molar-refractivity contribution >= 4 is 33.3 Å². The van der Waals surface area contributed by atoms with Crippen molar-refractivity contribution in [2.24, 2.45) is 0 Å². The third-order valence-electron chi connectivity index (χ3n) is 3.25. The van der Waals surface area contributed by atoms with Gasteiger partial charge < -0.3 is 4.74 Å². The molecule has 0 radical (unpaired) electrons. The van der Waals surface area contributed by atoms with Crippen molar-refractivity contribution in [3.8, 4) is 5.75 Å². The maximum atomic E-state index is 13.4. The molecule has 2 heterocycles. The zero-order valence-electron chi connectivity index (χ0n) is 12.6. The van der Waals surface area contributed by atoms with Crippen LogP contribution in [0.5, 0.6) is 5.75 Å². The summed E-state index contributed by atoms with van der Waals surface area (Å²) in [6.45, 7) is 0.394. The molecule has 24 heavy (non-hydrogen) atoms. The van der Waals surface area contributed by atoms with Crippen LogP contribution in [0, 0.1) is 5.82 Å². The Morgan fingerprint density at radius 2 is 2.08 bits per heavy atom. The van der Waals surface area contributed by atoms with Crippen LogP contribution in [-0.2, 0) is 5.75 Å². The van der Waals surface area contributed by atoms with Gasteiger partial charge in [-0.2, -0.15) is 11.8 Å². The molecule has 0 N–H and O–H groups in total. The number of rotatable bonds is 6. The van der Waals surface area contributed by atoms with Crippen LogP contribution in [0.3, 0.4) is 0 Å². The van der Waals surface area contributed by atoms with Crippen LogP contribution < -0.4 is 10.3 Å². The quantitative estimate of drug-likeness (QED) is 0.580. The summed E-state index contributed by atoms with van der Waals surface area (Å²) in [5.74, 6) is 1.17. The zero-order valence-corrected chi connectivity index (χ0v) is 15.0. The van der Waals surface area contributed by atoms with Crippen molar-refractivity contribution in [2.75, 3.05) is 12.4 Å². The number of hydrogen-bond donors (Lipinski definition) is 0. The Kier molecular flexibility index (Phi) is 5.52. The molecule has 0 bridgehead atoms. The van der Waals surface area contributed by atoms with Gasteiger partial charge in [0, 0.05) is 28.2 Å². The summed E-state index contributed by atoms with van der Waals surface area (Å²) in [6, 6.07) is 11.5. The van der Waals surface area contributed by atoms with Gasteiger partial charge in [-0.05, 0) is 40.2 Å². The second-order valence-corrected chi connectivity index (χ2v) is 7.01. The lowest BCUT2D eigenvalue weighted by molar-refractivity contribution is 0.325. The largest absolute Gasteiger partial charge is 0.490 e. The summed E-state index contributed by atoms with van der Waals surface area (Å²) in [7, 11) is 0. The number of thioether (sulfide) groups is 1. The van der Waals surface area contributed by atoms with Gasteiger partial charge in [0.15, 0.2) is 11.6 Å². The molecule has 0 unspecified atom stereocenters. The van der Waals surface area contributed by atoms with E-state index in [4.69, 9.17) is 4.74 Å². The van der Waals surface area contributed by atoms with E-state index < -0.39 is 0 Å². The van der Waals surface area contributed by atoms with Gasteiger partial charge in [0.2, 0.25) is 0 Å². The minimum Gasteiger partial charge on any atom is -0.490 e. The number of ether oxygens (including phenoxy) is 1. The third kappa shape index (κ3) is 4.15. The lowest BCUT2D eigenvalue weighted by atomic mass is 10.3. The minimum absolute atomic E-state index is 0.112. The molecule has 0 atom stereocenters. The Morgan fingerprint density at radius 1 is 1.25 bits per heavy atom. The molecule has 0 aliphatic heterocycles. The number of para-hydroxylation sites is 1. The normalized spacial score (nSPS) is 10.9.